The van der Waals surface area contributed by atoms with Crippen molar-refractivity contribution in [2.24, 2.45) is 11.8 Å². The zero-order valence-electron chi connectivity index (χ0n) is 26.7. The number of nitrogens with zero attached hydrogens (tertiary/aromatic N) is 2. The molecule has 10 nitrogen and oxygen atoms in total. The van der Waals surface area contributed by atoms with Crippen LogP contribution in [-0.2, 0) is 20.0 Å². The molecule has 2 saturated heterocycles. The number of aliphatic hydroxyl groups is 2. The van der Waals surface area contributed by atoms with Gasteiger partial charge in [-0.05, 0) is 75.3 Å². The molecule has 0 amide bonds. The lowest BCUT2D eigenvalue weighted by Gasteiger charge is -2.24. The fourth-order valence-electron chi connectivity index (χ4n) is 6.00. The van der Waals surface area contributed by atoms with Gasteiger partial charge in [0.25, 0.3) is 0 Å². The lowest BCUT2D eigenvalue weighted by Crippen LogP contribution is -2.41. The van der Waals surface area contributed by atoms with E-state index < -0.39 is 32.3 Å². The minimum atomic E-state index is -3.81. The van der Waals surface area contributed by atoms with Crippen LogP contribution < -0.4 is 9.44 Å². The second-order valence-electron chi connectivity index (χ2n) is 12.7. The number of sulfonamides is 2. The average Bonchev–Trinajstić information content (AvgIpc) is 3.45. The smallest absolute Gasteiger partial charge is 0.242 e. The number of likely N-dealkylation sites (tertiary alicyclic amines) is 2. The number of halogens is 2. The molecule has 0 spiro atoms. The highest BCUT2D eigenvalue weighted by molar-refractivity contribution is 7.89. The molecule has 2 fully saturated rings. The Morgan fingerprint density at radius 2 is 1.29 bits per heavy atom. The van der Waals surface area contributed by atoms with Crippen molar-refractivity contribution in [3.63, 3.8) is 0 Å². The molecule has 2 heterocycles. The summed E-state index contributed by atoms with van der Waals surface area (Å²) in [5.41, 5.74) is 0.892. The van der Waals surface area contributed by atoms with Gasteiger partial charge in [0.15, 0.2) is 0 Å². The van der Waals surface area contributed by atoms with Gasteiger partial charge in [-0.25, -0.2) is 26.3 Å². The van der Waals surface area contributed by atoms with Crippen molar-refractivity contribution in [2.75, 3.05) is 39.3 Å². The van der Waals surface area contributed by atoms with E-state index in [1.54, 1.807) is 18.2 Å². The summed E-state index contributed by atoms with van der Waals surface area (Å²) in [5.74, 6) is 1.23. The highest BCUT2D eigenvalue weighted by Crippen LogP contribution is 2.29. The Morgan fingerprint density at radius 1 is 0.800 bits per heavy atom. The summed E-state index contributed by atoms with van der Waals surface area (Å²) in [6.45, 7) is 13.3. The molecule has 45 heavy (non-hydrogen) atoms. The molecule has 2 aromatic rings. The van der Waals surface area contributed by atoms with Crippen LogP contribution in [0.3, 0.4) is 0 Å². The molecule has 2 aliphatic heterocycles. The second-order valence-corrected chi connectivity index (χ2v) is 17.0. The number of aliphatic hydroxyl groups excluding tert-OH is 2. The molecule has 6 atom stereocenters. The van der Waals surface area contributed by atoms with E-state index in [2.05, 4.69) is 46.9 Å². The van der Waals surface area contributed by atoms with Crippen molar-refractivity contribution in [3.8, 4) is 0 Å². The Kier molecular flexibility index (Phi) is 14.1. The number of aryl methyl sites for hydroxylation is 1. The van der Waals surface area contributed by atoms with Crippen molar-refractivity contribution in [1.82, 2.24) is 19.2 Å². The van der Waals surface area contributed by atoms with Gasteiger partial charge < -0.3 is 10.2 Å². The minimum absolute atomic E-state index is 0.0156. The van der Waals surface area contributed by atoms with Crippen LogP contribution in [0.1, 0.15) is 46.1 Å². The Hall–Kier alpha value is -1.32. The van der Waals surface area contributed by atoms with Gasteiger partial charge in [-0.3, -0.25) is 9.80 Å². The molecule has 0 aromatic heterocycles. The number of benzene rings is 2. The second kappa shape index (κ2) is 16.7. The Bertz CT molecular complexity index is 1480. The van der Waals surface area contributed by atoms with Crippen LogP contribution in [0, 0.1) is 18.8 Å². The van der Waals surface area contributed by atoms with Gasteiger partial charge in [0.05, 0.1) is 27.1 Å². The first kappa shape index (κ1) is 38.1. The van der Waals surface area contributed by atoms with E-state index in [4.69, 9.17) is 23.2 Å². The van der Waals surface area contributed by atoms with Crippen LogP contribution in [0.2, 0.25) is 10.0 Å². The summed E-state index contributed by atoms with van der Waals surface area (Å²) < 4.78 is 53.9. The highest BCUT2D eigenvalue weighted by Gasteiger charge is 2.29. The number of nitrogens with one attached hydrogen (secondary N) is 2. The molecule has 254 valence electrons. The molecule has 4 unspecified atom stereocenters. The fraction of sp³-hybridized carbons (Fsp3) is 0.613. The maximum Gasteiger partial charge on any atom is 0.242 e. The van der Waals surface area contributed by atoms with Crippen LogP contribution in [0.5, 0.6) is 0 Å². The van der Waals surface area contributed by atoms with Crippen LogP contribution in [0.15, 0.2) is 52.3 Å². The van der Waals surface area contributed by atoms with Crippen molar-refractivity contribution in [2.45, 2.75) is 81.5 Å². The SMILES string of the molecule is CC1CC(C)N(C[C@@H](O)CNS(=O)(=O)c2cccc(Cl)c2Cl)C1.Cc1cccc(S(=O)(=O)NC[C@H](O)CN2CC(C)CC2C)c1. The molecule has 14 heteroatoms. The van der Waals surface area contributed by atoms with Gasteiger partial charge in [0, 0.05) is 51.4 Å². The maximum atomic E-state index is 12.3. The quantitative estimate of drug-likeness (QED) is 0.262. The third kappa shape index (κ3) is 11.4. The van der Waals surface area contributed by atoms with Gasteiger partial charge in [-0.2, -0.15) is 0 Å². The van der Waals surface area contributed by atoms with E-state index in [1.807, 2.05) is 13.0 Å². The lowest BCUT2D eigenvalue weighted by atomic mass is 10.1. The fourth-order valence-corrected chi connectivity index (χ4v) is 9.01. The molecule has 2 aliphatic rings. The first-order valence-electron chi connectivity index (χ1n) is 15.3. The molecule has 0 radical (unpaired) electrons. The number of β-amino-alcohol motifs (C(OH)–C–C–N with tert-alkyl or cyclic N) is 2. The monoisotopic (exact) mass is 706 g/mol. The Morgan fingerprint density at radius 3 is 1.76 bits per heavy atom. The Labute approximate surface area is 279 Å². The summed E-state index contributed by atoms with van der Waals surface area (Å²) in [7, 11) is -7.38. The highest BCUT2D eigenvalue weighted by atomic mass is 35.5. The van der Waals surface area contributed by atoms with E-state index in [0.29, 0.717) is 37.0 Å². The standard InChI is InChI=1S/C16H26N2O3S.C15H22Cl2N2O3S/c1-12-5-4-6-16(8-12)22(20,21)17-9-15(19)11-18-10-13(2)7-14(18)3;1-10-6-11(2)19(8-10)9-12(20)7-18-23(21,22)14-5-3-4-13(16)15(14)17/h4-6,8,13-15,17,19H,7,9-11H2,1-3H3;3-5,10-12,18,20H,6-9H2,1-2H3/t13?,14?,15-;10?,11?,12-/m00/s1. The molecule has 4 rings (SSSR count). The van der Waals surface area contributed by atoms with Gasteiger partial charge in [-0.1, -0.05) is 55.2 Å². The van der Waals surface area contributed by atoms with Crippen LogP contribution in [-0.4, -0.2) is 100 Å². The first-order chi connectivity index (χ1) is 21.0. The molecule has 0 saturated carbocycles. The Balaban J connectivity index is 0.000000246. The third-order valence-electron chi connectivity index (χ3n) is 8.24. The molecular weight excluding hydrogens is 659 g/mol. The van der Waals surface area contributed by atoms with Crippen LogP contribution >= 0.6 is 23.2 Å². The molecular formula is C31H48Cl2N4O6S2. The number of hydrogen-bond acceptors (Lipinski definition) is 8. The maximum absolute atomic E-state index is 12.3. The normalized spacial score (nSPS) is 24.3. The predicted octanol–water partition coefficient (Wildman–Crippen LogP) is 3.73. The summed E-state index contributed by atoms with van der Waals surface area (Å²) >= 11 is 11.8. The van der Waals surface area contributed by atoms with E-state index in [0.717, 1.165) is 31.5 Å². The third-order valence-corrected chi connectivity index (χ3v) is 12.1. The largest absolute Gasteiger partial charge is 0.390 e. The minimum Gasteiger partial charge on any atom is -0.390 e. The summed E-state index contributed by atoms with van der Waals surface area (Å²) in [6.07, 6.45) is 0.737. The predicted molar refractivity (Wildman–Crippen MR) is 180 cm³/mol. The molecule has 0 aliphatic carbocycles. The zero-order valence-corrected chi connectivity index (χ0v) is 29.8. The van der Waals surface area contributed by atoms with Crippen LogP contribution in [0.4, 0.5) is 0 Å². The van der Waals surface area contributed by atoms with E-state index in [9.17, 15) is 27.0 Å². The molecule has 0 bridgehead atoms. The van der Waals surface area contributed by atoms with Crippen LogP contribution in [0.25, 0.3) is 0 Å². The molecule has 4 N–H and O–H groups in total. The molecule has 2 aromatic carbocycles. The van der Waals surface area contributed by atoms with Crippen molar-refractivity contribution in [1.29, 1.82) is 0 Å². The van der Waals surface area contributed by atoms with Crippen molar-refractivity contribution >= 4 is 43.2 Å². The number of rotatable bonds is 12. The van der Waals surface area contributed by atoms with E-state index in [1.165, 1.54) is 18.2 Å². The topological polar surface area (TPSA) is 139 Å². The summed E-state index contributed by atoms with van der Waals surface area (Å²) in [6, 6.07) is 12.0. The lowest BCUT2D eigenvalue weighted by molar-refractivity contribution is 0.111. The first-order valence-corrected chi connectivity index (χ1v) is 19.0. The average molecular weight is 708 g/mol. The van der Waals surface area contributed by atoms with Crippen molar-refractivity contribution < 1.29 is 27.0 Å². The van der Waals surface area contributed by atoms with Gasteiger partial charge in [0.2, 0.25) is 20.0 Å². The van der Waals surface area contributed by atoms with Gasteiger partial charge in [-0.15, -0.1) is 0 Å². The summed E-state index contributed by atoms with van der Waals surface area (Å²) in [5, 5.41) is 20.4. The van der Waals surface area contributed by atoms with E-state index in [-0.39, 0.29) is 32.9 Å². The zero-order chi connectivity index (χ0) is 33.5. The summed E-state index contributed by atoms with van der Waals surface area (Å²) in [4.78, 5) is 4.55. The van der Waals surface area contributed by atoms with Crippen molar-refractivity contribution in [3.05, 3.63) is 58.1 Å². The van der Waals surface area contributed by atoms with Gasteiger partial charge in [0.1, 0.15) is 4.90 Å². The van der Waals surface area contributed by atoms with Gasteiger partial charge >= 0.3 is 0 Å². The van der Waals surface area contributed by atoms with E-state index >= 15 is 0 Å². The number of hydrogen-bond donors (Lipinski definition) is 4.